The summed E-state index contributed by atoms with van der Waals surface area (Å²) in [5.74, 6) is -0.0305. The van der Waals surface area contributed by atoms with Crippen LogP contribution in [-0.4, -0.2) is 49.7 Å². The molecule has 2 aromatic carbocycles. The summed E-state index contributed by atoms with van der Waals surface area (Å²) in [5.41, 5.74) is 1.62. The minimum Gasteiger partial charge on any atom is -0.337 e. The zero-order chi connectivity index (χ0) is 17.9. The van der Waals surface area contributed by atoms with E-state index < -0.39 is 10.0 Å². The summed E-state index contributed by atoms with van der Waals surface area (Å²) >= 11 is 0. The summed E-state index contributed by atoms with van der Waals surface area (Å²) in [5, 5.41) is 0. The molecule has 0 atom stereocenters. The second kappa shape index (κ2) is 7.37. The monoisotopic (exact) mass is 358 g/mol. The van der Waals surface area contributed by atoms with Crippen LogP contribution in [0.2, 0.25) is 0 Å². The molecule has 1 fully saturated rings. The van der Waals surface area contributed by atoms with Crippen LogP contribution in [0, 0.1) is 6.92 Å². The fourth-order valence-corrected chi connectivity index (χ4v) is 4.55. The first-order valence-corrected chi connectivity index (χ1v) is 9.84. The Kier molecular flexibility index (Phi) is 5.20. The molecule has 132 valence electrons. The molecule has 1 aliphatic heterocycles. The van der Waals surface area contributed by atoms with Crippen molar-refractivity contribution in [1.29, 1.82) is 0 Å². The molecule has 1 aliphatic rings. The van der Waals surface area contributed by atoms with Crippen molar-refractivity contribution in [3.8, 4) is 0 Å². The molecule has 6 heteroatoms. The van der Waals surface area contributed by atoms with Crippen LogP contribution in [0.25, 0.3) is 0 Å². The number of nitrogens with zero attached hydrogens (tertiary/aromatic N) is 2. The van der Waals surface area contributed by atoms with Crippen LogP contribution in [0.1, 0.15) is 22.3 Å². The Morgan fingerprint density at radius 3 is 2.28 bits per heavy atom. The van der Waals surface area contributed by atoms with E-state index in [2.05, 4.69) is 0 Å². The largest absolute Gasteiger partial charge is 0.337 e. The summed E-state index contributed by atoms with van der Waals surface area (Å²) < 4.78 is 27.0. The van der Waals surface area contributed by atoms with E-state index in [1.54, 1.807) is 35.2 Å². The molecule has 0 aromatic heterocycles. The number of hydrogen-bond acceptors (Lipinski definition) is 3. The Balaban J connectivity index is 1.75. The van der Waals surface area contributed by atoms with Crippen molar-refractivity contribution < 1.29 is 13.2 Å². The Labute approximate surface area is 148 Å². The van der Waals surface area contributed by atoms with E-state index in [0.29, 0.717) is 43.1 Å². The normalized spacial score (nSPS) is 16.4. The van der Waals surface area contributed by atoms with E-state index in [-0.39, 0.29) is 5.91 Å². The number of carbonyl (C=O) groups excluding carboxylic acids is 1. The van der Waals surface area contributed by atoms with Crippen LogP contribution < -0.4 is 0 Å². The second-order valence-electron chi connectivity index (χ2n) is 6.18. The van der Waals surface area contributed by atoms with Gasteiger partial charge in [-0.2, -0.15) is 4.31 Å². The predicted molar refractivity (Wildman–Crippen MR) is 96.9 cm³/mol. The van der Waals surface area contributed by atoms with Crippen molar-refractivity contribution in [1.82, 2.24) is 9.21 Å². The summed E-state index contributed by atoms with van der Waals surface area (Å²) in [6.45, 7) is 3.62. The van der Waals surface area contributed by atoms with Gasteiger partial charge in [0.25, 0.3) is 5.91 Å². The molecule has 0 radical (unpaired) electrons. The van der Waals surface area contributed by atoms with Gasteiger partial charge in [0.1, 0.15) is 0 Å². The molecule has 0 spiro atoms. The van der Waals surface area contributed by atoms with Gasteiger partial charge in [-0.15, -0.1) is 0 Å². The molecule has 0 N–H and O–H groups in total. The Morgan fingerprint density at radius 2 is 1.56 bits per heavy atom. The van der Waals surface area contributed by atoms with E-state index in [4.69, 9.17) is 0 Å². The highest BCUT2D eigenvalue weighted by Gasteiger charge is 2.28. The van der Waals surface area contributed by atoms with Crippen LogP contribution in [-0.2, 0) is 10.0 Å². The lowest BCUT2D eigenvalue weighted by atomic mass is 10.1. The SMILES string of the molecule is Cc1ccccc1C(=O)N1CCCN(S(=O)(=O)c2ccccc2)CC1. The molecular formula is C19H22N2O3S. The average molecular weight is 358 g/mol. The van der Waals surface area contributed by atoms with E-state index >= 15 is 0 Å². The van der Waals surface area contributed by atoms with Gasteiger partial charge in [0.2, 0.25) is 10.0 Å². The molecule has 25 heavy (non-hydrogen) atoms. The number of benzene rings is 2. The highest BCUT2D eigenvalue weighted by molar-refractivity contribution is 7.89. The third-order valence-corrected chi connectivity index (χ3v) is 6.41. The van der Waals surface area contributed by atoms with Gasteiger partial charge in [-0.3, -0.25) is 4.79 Å². The predicted octanol–water partition coefficient (Wildman–Crippen LogP) is 2.53. The third-order valence-electron chi connectivity index (χ3n) is 4.50. The van der Waals surface area contributed by atoms with Crippen LogP contribution in [0.5, 0.6) is 0 Å². The summed E-state index contributed by atoms with van der Waals surface area (Å²) in [7, 11) is -3.51. The summed E-state index contributed by atoms with van der Waals surface area (Å²) in [4.78, 5) is 14.8. The molecule has 0 bridgehead atoms. The molecule has 1 heterocycles. The fourth-order valence-electron chi connectivity index (χ4n) is 3.06. The van der Waals surface area contributed by atoms with Crippen molar-refractivity contribution in [2.75, 3.05) is 26.2 Å². The van der Waals surface area contributed by atoms with Gasteiger partial charge in [0.05, 0.1) is 4.90 Å². The van der Waals surface area contributed by atoms with Gasteiger partial charge in [-0.25, -0.2) is 8.42 Å². The van der Waals surface area contributed by atoms with Gasteiger partial charge in [-0.05, 0) is 37.1 Å². The second-order valence-corrected chi connectivity index (χ2v) is 8.12. The van der Waals surface area contributed by atoms with E-state index in [0.717, 1.165) is 5.56 Å². The topological polar surface area (TPSA) is 57.7 Å². The van der Waals surface area contributed by atoms with Gasteiger partial charge in [0.15, 0.2) is 0 Å². The van der Waals surface area contributed by atoms with Crippen LogP contribution in [0.3, 0.4) is 0 Å². The molecule has 1 amide bonds. The Hall–Kier alpha value is -2.18. The smallest absolute Gasteiger partial charge is 0.254 e. The zero-order valence-corrected chi connectivity index (χ0v) is 15.1. The van der Waals surface area contributed by atoms with Crippen molar-refractivity contribution in [3.05, 3.63) is 65.7 Å². The molecule has 0 saturated carbocycles. The summed E-state index contributed by atoms with van der Waals surface area (Å²) in [6, 6.07) is 15.9. The number of rotatable bonds is 3. The third kappa shape index (κ3) is 3.75. The van der Waals surface area contributed by atoms with Gasteiger partial charge in [0, 0.05) is 31.7 Å². The first kappa shape index (κ1) is 17.6. The maximum Gasteiger partial charge on any atom is 0.254 e. The molecule has 0 aliphatic carbocycles. The molecule has 3 rings (SSSR count). The van der Waals surface area contributed by atoms with Crippen molar-refractivity contribution in [2.45, 2.75) is 18.2 Å². The molecule has 1 saturated heterocycles. The maximum atomic E-state index is 12.8. The number of amides is 1. The lowest BCUT2D eigenvalue weighted by Gasteiger charge is -2.22. The average Bonchev–Trinajstić information content (AvgIpc) is 2.89. The van der Waals surface area contributed by atoms with Gasteiger partial charge >= 0.3 is 0 Å². The molecule has 2 aromatic rings. The van der Waals surface area contributed by atoms with Gasteiger partial charge in [-0.1, -0.05) is 36.4 Å². The Bertz CT molecular complexity index is 850. The zero-order valence-electron chi connectivity index (χ0n) is 14.3. The lowest BCUT2D eigenvalue weighted by Crippen LogP contribution is -2.37. The number of aryl methyl sites for hydroxylation is 1. The highest BCUT2D eigenvalue weighted by atomic mass is 32.2. The lowest BCUT2D eigenvalue weighted by molar-refractivity contribution is 0.0763. The van der Waals surface area contributed by atoms with E-state index in [9.17, 15) is 13.2 Å². The number of hydrogen-bond donors (Lipinski definition) is 0. The minimum absolute atomic E-state index is 0.0305. The van der Waals surface area contributed by atoms with Crippen LogP contribution in [0.15, 0.2) is 59.5 Å². The van der Waals surface area contributed by atoms with Crippen molar-refractivity contribution >= 4 is 15.9 Å². The van der Waals surface area contributed by atoms with Crippen molar-refractivity contribution in [2.24, 2.45) is 0 Å². The minimum atomic E-state index is -3.51. The maximum absolute atomic E-state index is 12.8. The molecule has 0 unspecified atom stereocenters. The summed E-state index contributed by atoms with van der Waals surface area (Å²) in [6.07, 6.45) is 0.629. The highest BCUT2D eigenvalue weighted by Crippen LogP contribution is 2.19. The first-order valence-electron chi connectivity index (χ1n) is 8.40. The van der Waals surface area contributed by atoms with Crippen LogP contribution in [0.4, 0.5) is 0 Å². The number of carbonyl (C=O) groups is 1. The van der Waals surface area contributed by atoms with Crippen molar-refractivity contribution in [3.63, 3.8) is 0 Å². The van der Waals surface area contributed by atoms with E-state index in [1.165, 1.54) is 4.31 Å². The van der Waals surface area contributed by atoms with Crippen LogP contribution >= 0.6 is 0 Å². The standard InChI is InChI=1S/C19H22N2O3S/c1-16-8-5-6-11-18(16)19(22)20-12-7-13-21(15-14-20)25(23,24)17-9-3-2-4-10-17/h2-6,8-11H,7,12-15H2,1H3. The molecule has 5 nitrogen and oxygen atoms in total. The fraction of sp³-hybridized carbons (Fsp3) is 0.316. The first-order chi connectivity index (χ1) is 12.0. The number of sulfonamides is 1. The Morgan fingerprint density at radius 1 is 0.880 bits per heavy atom. The van der Waals surface area contributed by atoms with Gasteiger partial charge < -0.3 is 4.90 Å². The quantitative estimate of drug-likeness (QED) is 0.847. The molecular weight excluding hydrogens is 336 g/mol. The van der Waals surface area contributed by atoms with E-state index in [1.807, 2.05) is 31.2 Å².